The van der Waals surface area contributed by atoms with E-state index in [0.29, 0.717) is 19.0 Å². The van der Waals surface area contributed by atoms with Crippen molar-refractivity contribution in [2.24, 2.45) is 0 Å². The van der Waals surface area contributed by atoms with Crippen molar-refractivity contribution >= 4 is 23.1 Å². The van der Waals surface area contributed by atoms with Gasteiger partial charge in [0, 0.05) is 0 Å². The molecule has 1 saturated heterocycles. The Labute approximate surface area is 149 Å². The maximum Gasteiger partial charge on any atom is 0.206 e. The maximum absolute atomic E-state index is 12.7. The van der Waals surface area contributed by atoms with Crippen molar-refractivity contribution in [3.8, 4) is 5.75 Å². The minimum Gasteiger partial charge on any atom is -0.491 e. The van der Waals surface area contributed by atoms with Crippen LogP contribution in [-0.2, 0) is 19.3 Å². The second-order valence-electron chi connectivity index (χ2n) is 6.51. The Kier molecular flexibility index (Phi) is 4.91. The fourth-order valence-electron chi connectivity index (χ4n) is 2.71. The van der Waals surface area contributed by atoms with Crippen molar-refractivity contribution in [2.75, 3.05) is 13.2 Å². The van der Waals surface area contributed by atoms with Gasteiger partial charge in [0.2, 0.25) is 9.84 Å². The van der Waals surface area contributed by atoms with Crippen molar-refractivity contribution in [2.45, 2.75) is 35.5 Å². The summed E-state index contributed by atoms with van der Waals surface area (Å²) in [5.74, 6) is 0.0526. The molecular weight excluding hydrogens is 339 g/mol. The van der Waals surface area contributed by atoms with Crippen molar-refractivity contribution in [3.63, 3.8) is 0 Å². The first-order valence-electron chi connectivity index (χ1n) is 8.13. The van der Waals surface area contributed by atoms with Crippen LogP contribution in [0.25, 0.3) is 0 Å². The topological polar surface area (TPSA) is 61.8 Å². The lowest BCUT2D eigenvalue weighted by atomic mass is 9.95. The van der Waals surface area contributed by atoms with E-state index in [9.17, 15) is 8.42 Å². The van der Waals surface area contributed by atoms with Gasteiger partial charge in [-0.3, -0.25) is 0 Å². The van der Waals surface area contributed by atoms with Crippen LogP contribution in [-0.4, -0.2) is 41.4 Å². The molecule has 1 atom stereocenters. The molecule has 0 saturated carbocycles. The molecule has 0 aromatic heterocycles. The van der Waals surface area contributed by atoms with Crippen LogP contribution in [0.5, 0.6) is 5.75 Å². The van der Waals surface area contributed by atoms with Crippen LogP contribution < -0.4 is 10.2 Å². The standard InChI is InChI=1S/C18H21BO5S/c1-18(2)23-12-13(24-18)11-22-17-9-8-15(10-16(17)19)25(20,21)14-6-4-3-5-7-14/h3-10,13H,11-12,19H2,1-2H3. The second-order valence-corrected chi connectivity index (χ2v) is 8.46. The highest BCUT2D eigenvalue weighted by molar-refractivity contribution is 7.91. The van der Waals surface area contributed by atoms with Gasteiger partial charge in [0.05, 0.1) is 16.4 Å². The third-order valence-electron chi connectivity index (χ3n) is 4.00. The molecule has 0 aliphatic carbocycles. The monoisotopic (exact) mass is 360 g/mol. The van der Waals surface area contributed by atoms with Crippen LogP contribution in [0.3, 0.4) is 0 Å². The zero-order valence-corrected chi connectivity index (χ0v) is 15.4. The molecule has 2 aromatic rings. The molecule has 1 aliphatic heterocycles. The van der Waals surface area contributed by atoms with Crippen LogP contribution in [0, 0.1) is 0 Å². The van der Waals surface area contributed by atoms with Gasteiger partial charge in [-0.05, 0) is 49.6 Å². The van der Waals surface area contributed by atoms with Gasteiger partial charge in [0.15, 0.2) is 5.79 Å². The number of rotatable bonds is 5. The van der Waals surface area contributed by atoms with E-state index < -0.39 is 15.6 Å². The smallest absolute Gasteiger partial charge is 0.206 e. The summed E-state index contributed by atoms with van der Waals surface area (Å²) in [6, 6.07) is 13.3. The Morgan fingerprint density at radius 3 is 2.48 bits per heavy atom. The predicted octanol–water partition coefficient (Wildman–Crippen LogP) is 1.31. The lowest BCUT2D eigenvalue weighted by Crippen LogP contribution is -2.26. The number of sulfone groups is 1. The first kappa shape index (κ1) is 18.0. The van der Waals surface area contributed by atoms with Crippen molar-refractivity contribution in [1.29, 1.82) is 0 Å². The summed E-state index contributed by atoms with van der Waals surface area (Å²) < 4.78 is 42.3. The van der Waals surface area contributed by atoms with E-state index in [4.69, 9.17) is 14.2 Å². The molecule has 1 fully saturated rings. The molecule has 3 rings (SSSR count). The zero-order chi connectivity index (χ0) is 18.1. The third-order valence-corrected chi connectivity index (χ3v) is 5.77. The van der Waals surface area contributed by atoms with Crippen molar-refractivity contribution < 1.29 is 22.6 Å². The summed E-state index contributed by atoms with van der Waals surface area (Å²) in [6.07, 6.45) is -0.137. The van der Waals surface area contributed by atoms with E-state index in [0.717, 1.165) is 5.46 Å². The van der Waals surface area contributed by atoms with E-state index >= 15 is 0 Å². The van der Waals surface area contributed by atoms with Crippen molar-refractivity contribution in [1.82, 2.24) is 0 Å². The number of ether oxygens (including phenoxy) is 3. The second kappa shape index (κ2) is 6.82. The molecular formula is C18H21BO5S. The van der Waals surface area contributed by atoms with Gasteiger partial charge in [0.25, 0.3) is 0 Å². The van der Waals surface area contributed by atoms with E-state index in [2.05, 4.69) is 0 Å². The average Bonchev–Trinajstić information content (AvgIpc) is 2.93. The molecule has 7 heteroatoms. The molecule has 0 N–H and O–H groups in total. The molecule has 1 unspecified atom stereocenters. The Bertz CT molecular complexity index is 849. The molecule has 0 spiro atoms. The van der Waals surface area contributed by atoms with Crippen LogP contribution in [0.2, 0.25) is 0 Å². The molecule has 1 aliphatic rings. The first-order chi connectivity index (χ1) is 11.8. The Hall–Kier alpha value is -1.83. The van der Waals surface area contributed by atoms with Crippen LogP contribution in [0.4, 0.5) is 0 Å². The van der Waals surface area contributed by atoms with Crippen molar-refractivity contribution in [3.05, 3.63) is 48.5 Å². The van der Waals surface area contributed by atoms with Gasteiger partial charge < -0.3 is 14.2 Å². The molecule has 0 bridgehead atoms. The van der Waals surface area contributed by atoms with E-state index in [-0.39, 0.29) is 15.9 Å². The summed E-state index contributed by atoms with van der Waals surface area (Å²) in [7, 11) is -1.70. The molecule has 25 heavy (non-hydrogen) atoms. The summed E-state index contributed by atoms with van der Waals surface area (Å²) in [4.78, 5) is 0.534. The minimum atomic E-state index is -3.52. The molecule has 0 amide bonds. The molecule has 0 radical (unpaired) electrons. The van der Waals surface area contributed by atoms with E-state index in [1.807, 2.05) is 21.7 Å². The highest BCUT2D eigenvalue weighted by Gasteiger charge is 2.33. The van der Waals surface area contributed by atoms with Gasteiger partial charge in [0.1, 0.15) is 26.3 Å². The highest BCUT2D eigenvalue weighted by Crippen LogP contribution is 2.24. The Morgan fingerprint density at radius 1 is 1.16 bits per heavy atom. The van der Waals surface area contributed by atoms with Gasteiger partial charge in [-0.1, -0.05) is 18.2 Å². The summed E-state index contributed by atoms with van der Waals surface area (Å²) >= 11 is 0. The predicted molar refractivity (Wildman–Crippen MR) is 96.9 cm³/mol. The van der Waals surface area contributed by atoms with Gasteiger partial charge in [-0.2, -0.15) is 0 Å². The SMILES string of the molecule is Bc1cc(S(=O)(=O)c2ccccc2)ccc1OCC1COC(C)(C)O1. The fourth-order valence-corrected chi connectivity index (χ4v) is 4.08. The maximum atomic E-state index is 12.7. The normalized spacial score (nSPS) is 19.7. The van der Waals surface area contributed by atoms with Crippen LogP contribution in [0.15, 0.2) is 58.3 Å². The average molecular weight is 360 g/mol. The van der Waals surface area contributed by atoms with E-state index in [1.54, 1.807) is 48.5 Å². The minimum absolute atomic E-state index is 0.137. The number of hydrogen-bond donors (Lipinski definition) is 0. The van der Waals surface area contributed by atoms with E-state index in [1.165, 1.54) is 0 Å². The largest absolute Gasteiger partial charge is 0.491 e. The van der Waals surface area contributed by atoms with Gasteiger partial charge in [-0.15, -0.1) is 0 Å². The van der Waals surface area contributed by atoms with Crippen LogP contribution in [0.1, 0.15) is 13.8 Å². The molecule has 132 valence electrons. The van der Waals surface area contributed by atoms with Crippen LogP contribution >= 0.6 is 0 Å². The lowest BCUT2D eigenvalue weighted by Gasteiger charge is -2.18. The lowest BCUT2D eigenvalue weighted by molar-refractivity contribution is -0.141. The molecule has 2 aromatic carbocycles. The zero-order valence-electron chi connectivity index (χ0n) is 14.6. The summed E-state index contributed by atoms with van der Waals surface area (Å²) in [5, 5.41) is 0. The summed E-state index contributed by atoms with van der Waals surface area (Å²) in [5.41, 5.74) is 0.759. The fraction of sp³-hybridized carbons (Fsp3) is 0.333. The summed E-state index contributed by atoms with van der Waals surface area (Å²) in [6.45, 7) is 4.56. The highest BCUT2D eigenvalue weighted by atomic mass is 32.2. The molecule has 1 heterocycles. The molecule has 5 nitrogen and oxygen atoms in total. The Balaban J connectivity index is 1.73. The first-order valence-corrected chi connectivity index (χ1v) is 9.62. The quantitative estimate of drug-likeness (QED) is 0.753. The number of benzene rings is 2. The number of hydrogen-bond acceptors (Lipinski definition) is 5. The van der Waals surface area contributed by atoms with Gasteiger partial charge >= 0.3 is 0 Å². The van der Waals surface area contributed by atoms with Gasteiger partial charge in [-0.25, -0.2) is 8.42 Å². The third kappa shape index (κ3) is 4.06. The Morgan fingerprint density at radius 2 is 1.88 bits per heavy atom.